The summed E-state index contributed by atoms with van der Waals surface area (Å²) >= 11 is 0. The van der Waals surface area contributed by atoms with Crippen LogP contribution in [0.1, 0.15) is 41.8 Å². The molecule has 3 aromatic rings. The molecule has 1 saturated carbocycles. The number of carbonyl (C=O) groups excluding carboxylic acids is 1. The number of hydrogen-bond acceptors (Lipinski definition) is 5. The molecule has 1 aromatic heterocycles. The van der Waals surface area contributed by atoms with Crippen molar-refractivity contribution in [1.82, 2.24) is 0 Å². The van der Waals surface area contributed by atoms with Crippen LogP contribution >= 0.6 is 0 Å². The molecular weight excluding hydrogens is 390 g/mol. The average molecular weight is 413 g/mol. The number of fused-ring (bicyclic) bond motifs is 1. The van der Waals surface area contributed by atoms with Crippen molar-refractivity contribution in [2.24, 2.45) is 0 Å². The van der Waals surface area contributed by atoms with Gasteiger partial charge in [0.05, 0.1) is 22.8 Å². The van der Waals surface area contributed by atoms with Crippen LogP contribution in [-0.4, -0.2) is 26.7 Å². The average Bonchev–Trinajstić information content (AvgIpc) is 3.35. The van der Waals surface area contributed by atoms with Crippen molar-refractivity contribution in [3.8, 4) is 5.75 Å². The zero-order valence-electron chi connectivity index (χ0n) is 16.4. The van der Waals surface area contributed by atoms with Crippen LogP contribution in [0.25, 0.3) is 11.0 Å². The van der Waals surface area contributed by atoms with Crippen LogP contribution in [0.4, 0.5) is 5.69 Å². The van der Waals surface area contributed by atoms with Gasteiger partial charge in [-0.3, -0.25) is 4.79 Å². The number of carbonyl (C=O) groups is 1. The molecule has 152 valence electrons. The fraction of sp³-hybridized carbons (Fsp3) is 0.318. The zero-order chi connectivity index (χ0) is 20.6. The van der Waals surface area contributed by atoms with E-state index < -0.39 is 9.84 Å². The first-order valence-corrected chi connectivity index (χ1v) is 11.2. The van der Waals surface area contributed by atoms with Gasteiger partial charge in [-0.1, -0.05) is 18.9 Å². The van der Waals surface area contributed by atoms with E-state index in [-0.39, 0.29) is 16.1 Å². The fourth-order valence-corrected chi connectivity index (χ4v) is 5.84. The summed E-state index contributed by atoms with van der Waals surface area (Å²) in [5.74, 6) is 0.752. The van der Waals surface area contributed by atoms with E-state index in [1.165, 1.54) is 6.07 Å². The Morgan fingerprint density at radius 3 is 2.62 bits per heavy atom. The molecule has 0 aliphatic heterocycles. The van der Waals surface area contributed by atoms with Crippen molar-refractivity contribution in [3.05, 3.63) is 53.8 Å². The summed E-state index contributed by atoms with van der Waals surface area (Å²) in [5, 5.41) is 3.13. The van der Waals surface area contributed by atoms with E-state index in [0.717, 1.165) is 12.8 Å². The summed E-state index contributed by atoms with van der Waals surface area (Å²) in [7, 11) is -1.83. The predicted molar refractivity (Wildman–Crippen MR) is 111 cm³/mol. The maximum Gasteiger partial charge on any atom is 0.259 e. The van der Waals surface area contributed by atoms with Crippen molar-refractivity contribution in [3.63, 3.8) is 0 Å². The van der Waals surface area contributed by atoms with Crippen LogP contribution < -0.4 is 10.1 Å². The molecule has 2 aromatic carbocycles. The molecule has 7 heteroatoms. The molecule has 0 spiro atoms. The van der Waals surface area contributed by atoms with Gasteiger partial charge in [0.2, 0.25) is 0 Å². The summed E-state index contributed by atoms with van der Waals surface area (Å²) in [6.45, 7) is 1.72. The van der Waals surface area contributed by atoms with Crippen LogP contribution in [0, 0.1) is 6.92 Å². The van der Waals surface area contributed by atoms with E-state index in [2.05, 4.69) is 5.32 Å². The van der Waals surface area contributed by atoms with Crippen LogP contribution in [-0.2, 0) is 9.84 Å². The minimum Gasteiger partial charge on any atom is -0.497 e. The van der Waals surface area contributed by atoms with Crippen molar-refractivity contribution < 1.29 is 22.4 Å². The number of aryl methyl sites for hydroxylation is 1. The third-order valence-corrected chi connectivity index (χ3v) is 7.72. The Labute approximate surface area is 169 Å². The maximum absolute atomic E-state index is 13.0. The Morgan fingerprint density at radius 1 is 1.14 bits per heavy atom. The molecule has 6 nitrogen and oxygen atoms in total. The lowest BCUT2D eigenvalue weighted by molar-refractivity contribution is 0.102. The minimum absolute atomic E-state index is 0.248. The molecule has 1 fully saturated rings. The lowest BCUT2D eigenvalue weighted by Gasteiger charge is -2.12. The molecule has 1 amide bonds. The molecule has 1 N–H and O–H groups in total. The predicted octanol–water partition coefficient (Wildman–Crippen LogP) is 4.72. The molecule has 4 rings (SSSR count). The molecule has 1 aliphatic carbocycles. The van der Waals surface area contributed by atoms with E-state index >= 15 is 0 Å². The van der Waals surface area contributed by atoms with Gasteiger partial charge in [0.25, 0.3) is 5.91 Å². The SMILES string of the molecule is COc1ccc2oc(C)c(C(=O)Nc3cccc(S(=O)(=O)C4CCCC4)c3)c2c1. The van der Waals surface area contributed by atoms with Gasteiger partial charge in [0.15, 0.2) is 9.84 Å². The smallest absolute Gasteiger partial charge is 0.259 e. The lowest BCUT2D eigenvalue weighted by atomic mass is 10.1. The molecule has 0 saturated heterocycles. The second kappa shape index (κ2) is 7.55. The number of amides is 1. The minimum atomic E-state index is -3.39. The Balaban J connectivity index is 1.64. The van der Waals surface area contributed by atoms with Gasteiger partial charge in [-0.15, -0.1) is 0 Å². The van der Waals surface area contributed by atoms with Crippen molar-refractivity contribution in [2.75, 3.05) is 12.4 Å². The summed E-state index contributed by atoms with van der Waals surface area (Å²) in [6.07, 6.45) is 3.27. The molecule has 29 heavy (non-hydrogen) atoms. The summed E-state index contributed by atoms with van der Waals surface area (Å²) < 4.78 is 36.7. The number of sulfone groups is 1. The largest absolute Gasteiger partial charge is 0.497 e. The van der Waals surface area contributed by atoms with Gasteiger partial charge in [0.1, 0.15) is 17.1 Å². The number of anilines is 1. The second-order valence-electron chi connectivity index (χ2n) is 7.33. The highest BCUT2D eigenvalue weighted by Crippen LogP contribution is 2.32. The van der Waals surface area contributed by atoms with Crippen LogP contribution in [0.2, 0.25) is 0 Å². The van der Waals surface area contributed by atoms with E-state index in [0.29, 0.717) is 46.6 Å². The Morgan fingerprint density at radius 2 is 1.90 bits per heavy atom. The zero-order valence-corrected chi connectivity index (χ0v) is 17.2. The first kappa shape index (κ1) is 19.5. The number of nitrogens with one attached hydrogen (secondary N) is 1. The number of furan rings is 1. The Hall–Kier alpha value is -2.80. The van der Waals surface area contributed by atoms with E-state index in [4.69, 9.17) is 9.15 Å². The lowest BCUT2D eigenvalue weighted by Crippen LogP contribution is -2.18. The maximum atomic E-state index is 13.0. The molecule has 1 heterocycles. The van der Waals surface area contributed by atoms with Gasteiger partial charge >= 0.3 is 0 Å². The number of benzene rings is 2. The number of ether oxygens (including phenoxy) is 1. The highest BCUT2D eigenvalue weighted by atomic mass is 32.2. The van der Waals surface area contributed by atoms with Crippen LogP contribution in [0.5, 0.6) is 5.75 Å². The molecule has 1 aliphatic rings. The van der Waals surface area contributed by atoms with E-state index in [1.807, 2.05) is 0 Å². The fourth-order valence-electron chi connectivity index (χ4n) is 3.94. The monoisotopic (exact) mass is 413 g/mol. The van der Waals surface area contributed by atoms with Gasteiger partial charge < -0.3 is 14.5 Å². The van der Waals surface area contributed by atoms with Gasteiger partial charge in [-0.25, -0.2) is 8.42 Å². The van der Waals surface area contributed by atoms with Crippen molar-refractivity contribution >= 4 is 32.4 Å². The Kier molecular flexibility index (Phi) is 5.08. The van der Waals surface area contributed by atoms with Crippen LogP contribution in [0.3, 0.4) is 0 Å². The molecule has 0 bridgehead atoms. The Bertz CT molecular complexity index is 1170. The first-order chi connectivity index (χ1) is 13.9. The third-order valence-electron chi connectivity index (χ3n) is 5.46. The molecule has 0 radical (unpaired) electrons. The van der Waals surface area contributed by atoms with E-state index in [1.54, 1.807) is 50.4 Å². The normalized spacial score (nSPS) is 15.0. The van der Waals surface area contributed by atoms with E-state index in [9.17, 15) is 13.2 Å². The van der Waals surface area contributed by atoms with Crippen LogP contribution in [0.15, 0.2) is 51.8 Å². The summed E-state index contributed by atoms with van der Waals surface area (Å²) in [4.78, 5) is 13.2. The first-order valence-electron chi connectivity index (χ1n) is 9.62. The molecular formula is C22H23NO5S. The molecule has 0 atom stereocenters. The third kappa shape index (κ3) is 3.62. The van der Waals surface area contributed by atoms with Crippen molar-refractivity contribution in [2.45, 2.75) is 42.8 Å². The number of hydrogen-bond donors (Lipinski definition) is 1. The molecule has 0 unspecified atom stereocenters. The highest BCUT2D eigenvalue weighted by molar-refractivity contribution is 7.92. The highest BCUT2D eigenvalue weighted by Gasteiger charge is 2.30. The van der Waals surface area contributed by atoms with Gasteiger partial charge in [0, 0.05) is 11.1 Å². The second-order valence-corrected chi connectivity index (χ2v) is 9.56. The number of rotatable bonds is 5. The summed E-state index contributed by atoms with van der Waals surface area (Å²) in [6, 6.07) is 11.7. The van der Waals surface area contributed by atoms with Crippen molar-refractivity contribution in [1.29, 1.82) is 0 Å². The topological polar surface area (TPSA) is 85.6 Å². The van der Waals surface area contributed by atoms with Gasteiger partial charge in [-0.2, -0.15) is 0 Å². The summed E-state index contributed by atoms with van der Waals surface area (Å²) in [5.41, 5.74) is 1.43. The number of methoxy groups -OCH3 is 1. The van der Waals surface area contributed by atoms with Gasteiger partial charge in [-0.05, 0) is 56.2 Å². The standard InChI is InChI=1S/C22H23NO5S/c1-14-21(19-13-16(27-2)10-11-20(19)28-14)22(24)23-15-6-5-9-18(12-15)29(25,26)17-7-3-4-8-17/h5-6,9-13,17H,3-4,7-8H2,1-2H3,(H,23,24). The quantitative estimate of drug-likeness (QED) is 0.654.